The number of anilines is 1. The number of hydrogen-bond donors (Lipinski definition) is 2. The third-order valence-corrected chi connectivity index (χ3v) is 6.01. The number of nitrogens with one attached hydrogen (secondary N) is 2. The number of hydrogen-bond acceptors (Lipinski definition) is 4. The van der Waals surface area contributed by atoms with Crippen molar-refractivity contribution in [3.8, 4) is 0 Å². The molecule has 3 aromatic rings. The summed E-state index contributed by atoms with van der Waals surface area (Å²) in [6.07, 6.45) is 11.8. The molecular weight excluding hydrogens is 350 g/mol. The Morgan fingerprint density at radius 3 is 3.00 bits per heavy atom. The van der Waals surface area contributed by atoms with Gasteiger partial charge in [0.1, 0.15) is 5.82 Å². The average Bonchev–Trinajstić information content (AvgIpc) is 3.13. The van der Waals surface area contributed by atoms with Crippen molar-refractivity contribution >= 4 is 22.6 Å². The van der Waals surface area contributed by atoms with E-state index in [4.69, 9.17) is 0 Å². The maximum atomic E-state index is 13.1. The molecule has 1 atom stereocenters. The van der Waals surface area contributed by atoms with Gasteiger partial charge in [0.15, 0.2) is 0 Å². The van der Waals surface area contributed by atoms with E-state index in [1.54, 1.807) is 18.6 Å². The zero-order valence-electron chi connectivity index (χ0n) is 15.9. The summed E-state index contributed by atoms with van der Waals surface area (Å²) in [5, 5.41) is 4.47. The Morgan fingerprint density at radius 1 is 1.18 bits per heavy atom. The zero-order valence-corrected chi connectivity index (χ0v) is 15.9. The molecular formula is C22H25N5O. The molecule has 28 heavy (non-hydrogen) atoms. The fraction of sp³-hybridized carbons (Fsp3) is 0.409. The van der Waals surface area contributed by atoms with Crippen molar-refractivity contribution in [3.05, 3.63) is 53.6 Å². The molecule has 0 bridgehead atoms. The lowest BCUT2D eigenvalue weighted by Crippen LogP contribution is -2.48. The molecule has 2 aliphatic rings. The van der Waals surface area contributed by atoms with Crippen LogP contribution in [0, 0.1) is 0 Å². The summed E-state index contributed by atoms with van der Waals surface area (Å²) in [6.45, 7) is 1.71. The van der Waals surface area contributed by atoms with Gasteiger partial charge in [0.05, 0.1) is 17.3 Å². The molecule has 0 spiro atoms. The number of carbonyl (C=O) groups excluding carboxylic acids is 1. The summed E-state index contributed by atoms with van der Waals surface area (Å²) in [6, 6.07) is 6.20. The first kappa shape index (κ1) is 17.2. The maximum Gasteiger partial charge on any atom is 0.253 e. The lowest BCUT2D eigenvalue weighted by atomic mass is 9.95. The van der Waals surface area contributed by atoms with Gasteiger partial charge >= 0.3 is 0 Å². The van der Waals surface area contributed by atoms with Crippen LogP contribution in [-0.4, -0.2) is 40.0 Å². The van der Waals surface area contributed by atoms with Crippen molar-refractivity contribution in [2.75, 3.05) is 18.0 Å². The van der Waals surface area contributed by atoms with Crippen molar-refractivity contribution in [3.63, 3.8) is 0 Å². The number of piperidine rings is 1. The fourth-order valence-electron chi connectivity index (χ4n) is 4.64. The molecule has 1 aliphatic heterocycles. The van der Waals surface area contributed by atoms with E-state index in [9.17, 15) is 4.79 Å². The van der Waals surface area contributed by atoms with Crippen molar-refractivity contribution in [1.29, 1.82) is 0 Å². The van der Waals surface area contributed by atoms with E-state index in [-0.39, 0.29) is 11.9 Å². The van der Waals surface area contributed by atoms with E-state index in [0.717, 1.165) is 55.7 Å². The number of rotatable bonds is 3. The third kappa shape index (κ3) is 3.13. The lowest BCUT2D eigenvalue weighted by molar-refractivity contribution is 0.0934. The highest BCUT2D eigenvalue weighted by Crippen LogP contribution is 2.31. The third-order valence-electron chi connectivity index (χ3n) is 6.01. The number of amides is 1. The first-order valence-corrected chi connectivity index (χ1v) is 10.2. The molecule has 0 saturated carbocycles. The summed E-state index contributed by atoms with van der Waals surface area (Å²) in [5.74, 6) is 0.885. The van der Waals surface area contributed by atoms with Crippen LogP contribution in [0.4, 0.5) is 5.82 Å². The van der Waals surface area contributed by atoms with Crippen molar-refractivity contribution < 1.29 is 4.79 Å². The highest BCUT2D eigenvalue weighted by atomic mass is 16.1. The predicted molar refractivity (Wildman–Crippen MR) is 110 cm³/mol. The van der Waals surface area contributed by atoms with E-state index >= 15 is 0 Å². The van der Waals surface area contributed by atoms with Crippen molar-refractivity contribution in [2.24, 2.45) is 0 Å². The largest absolute Gasteiger partial charge is 0.358 e. The SMILES string of the molecule is O=C(NC1CCCN(c2cnccn2)C1)c1cccc2c3c([nH]c12)CCCC3. The van der Waals surface area contributed by atoms with E-state index in [1.165, 1.54) is 29.5 Å². The second-order valence-electron chi connectivity index (χ2n) is 7.84. The monoisotopic (exact) mass is 375 g/mol. The van der Waals surface area contributed by atoms with Gasteiger partial charge in [-0.1, -0.05) is 12.1 Å². The summed E-state index contributed by atoms with van der Waals surface area (Å²) in [4.78, 5) is 27.4. The van der Waals surface area contributed by atoms with Crippen LogP contribution >= 0.6 is 0 Å². The highest BCUT2D eigenvalue weighted by Gasteiger charge is 2.24. The molecule has 1 saturated heterocycles. The van der Waals surface area contributed by atoms with Crippen LogP contribution in [0.5, 0.6) is 0 Å². The van der Waals surface area contributed by atoms with Crippen LogP contribution < -0.4 is 10.2 Å². The van der Waals surface area contributed by atoms with Gasteiger partial charge in [-0.25, -0.2) is 4.98 Å². The molecule has 0 radical (unpaired) electrons. The summed E-state index contributed by atoms with van der Waals surface area (Å²) < 4.78 is 0. The van der Waals surface area contributed by atoms with Gasteiger partial charge in [-0.3, -0.25) is 9.78 Å². The first-order valence-electron chi connectivity index (χ1n) is 10.2. The number of carbonyl (C=O) groups is 1. The molecule has 2 N–H and O–H groups in total. The molecule has 1 aliphatic carbocycles. The normalized spacial score (nSPS) is 19.4. The number of H-pyrrole nitrogens is 1. The van der Waals surface area contributed by atoms with Gasteiger partial charge in [-0.2, -0.15) is 0 Å². The molecule has 1 fully saturated rings. The van der Waals surface area contributed by atoms with Gasteiger partial charge in [0.2, 0.25) is 0 Å². The van der Waals surface area contributed by atoms with Crippen LogP contribution in [0.25, 0.3) is 10.9 Å². The fourth-order valence-corrected chi connectivity index (χ4v) is 4.64. The van der Waals surface area contributed by atoms with Gasteiger partial charge in [-0.15, -0.1) is 0 Å². The van der Waals surface area contributed by atoms with Gasteiger partial charge < -0.3 is 15.2 Å². The Hall–Kier alpha value is -2.89. The number of para-hydroxylation sites is 1. The summed E-state index contributed by atoms with van der Waals surface area (Å²) in [7, 11) is 0. The molecule has 6 heteroatoms. The zero-order chi connectivity index (χ0) is 18.9. The minimum Gasteiger partial charge on any atom is -0.358 e. The van der Waals surface area contributed by atoms with Crippen LogP contribution in [0.2, 0.25) is 0 Å². The van der Waals surface area contributed by atoms with E-state index in [1.807, 2.05) is 12.1 Å². The number of aromatic nitrogens is 3. The molecule has 2 aromatic heterocycles. The van der Waals surface area contributed by atoms with Gasteiger partial charge in [-0.05, 0) is 50.2 Å². The summed E-state index contributed by atoms with van der Waals surface area (Å²) >= 11 is 0. The smallest absolute Gasteiger partial charge is 0.253 e. The Bertz CT molecular complexity index is 997. The van der Waals surface area contributed by atoms with Crippen LogP contribution in [0.3, 0.4) is 0 Å². The molecule has 1 amide bonds. The van der Waals surface area contributed by atoms with Crippen LogP contribution in [0.15, 0.2) is 36.8 Å². The minimum atomic E-state index is 0.00944. The Balaban J connectivity index is 1.36. The predicted octanol–water partition coefficient (Wildman–Crippen LogP) is 3.24. The molecule has 144 valence electrons. The topological polar surface area (TPSA) is 73.9 Å². The number of aromatic amines is 1. The molecule has 5 rings (SSSR count). The van der Waals surface area contributed by atoms with E-state index in [0.29, 0.717) is 0 Å². The first-order chi connectivity index (χ1) is 13.8. The number of nitrogens with zero attached hydrogens (tertiary/aromatic N) is 3. The van der Waals surface area contributed by atoms with Crippen LogP contribution in [0.1, 0.15) is 47.3 Å². The van der Waals surface area contributed by atoms with E-state index < -0.39 is 0 Å². The highest BCUT2D eigenvalue weighted by molar-refractivity contribution is 6.07. The van der Waals surface area contributed by atoms with Gasteiger partial charge in [0.25, 0.3) is 5.91 Å². The second kappa shape index (κ2) is 7.26. The lowest BCUT2D eigenvalue weighted by Gasteiger charge is -2.33. The Labute approximate surface area is 164 Å². The quantitative estimate of drug-likeness (QED) is 0.737. The maximum absolute atomic E-state index is 13.1. The number of benzene rings is 1. The van der Waals surface area contributed by atoms with Crippen molar-refractivity contribution in [1.82, 2.24) is 20.3 Å². The standard InChI is InChI=1S/C22H25N5O/c28-22(25-15-5-4-12-27(14-15)20-13-23-10-11-24-20)18-8-3-7-17-16-6-1-2-9-19(16)26-21(17)18/h3,7-8,10-11,13,15,26H,1-2,4-6,9,12,14H2,(H,25,28). The molecule has 6 nitrogen and oxygen atoms in total. The second-order valence-corrected chi connectivity index (χ2v) is 7.84. The number of fused-ring (bicyclic) bond motifs is 3. The van der Waals surface area contributed by atoms with Crippen molar-refractivity contribution in [2.45, 2.75) is 44.6 Å². The van der Waals surface area contributed by atoms with Crippen LogP contribution in [-0.2, 0) is 12.8 Å². The molecule has 1 aromatic carbocycles. The number of aryl methyl sites for hydroxylation is 2. The average molecular weight is 375 g/mol. The molecule has 3 heterocycles. The molecule has 1 unspecified atom stereocenters. The Morgan fingerprint density at radius 2 is 2.11 bits per heavy atom. The minimum absolute atomic E-state index is 0.00944. The summed E-state index contributed by atoms with van der Waals surface area (Å²) in [5.41, 5.74) is 4.47. The van der Waals surface area contributed by atoms with E-state index in [2.05, 4.69) is 31.2 Å². The van der Waals surface area contributed by atoms with Gasteiger partial charge in [0, 0.05) is 42.6 Å². The Kier molecular flexibility index (Phi) is 4.47.